The zero-order chi connectivity index (χ0) is 14.2. The molecule has 21 heavy (non-hydrogen) atoms. The van der Waals surface area contributed by atoms with Crippen molar-refractivity contribution < 1.29 is 9.96 Å². The Kier molecular flexibility index (Phi) is 5.41. The first-order valence-electron chi connectivity index (χ1n) is 9.53. The summed E-state index contributed by atoms with van der Waals surface area (Å²) in [5.74, 6) is 3.30. The second-order valence-corrected chi connectivity index (χ2v) is 8.46. The molecule has 4 fully saturated rings. The summed E-state index contributed by atoms with van der Waals surface area (Å²) >= 11 is 0. The lowest BCUT2D eigenvalue weighted by Gasteiger charge is -2.64. The summed E-state index contributed by atoms with van der Waals surface area (Å²) in [7, 11) is 0. The summed E-state index contributed by atoms with van der Waals surface area (Å²) in [6.45, 7) is 11.6. The highest BCUT2D eigenvalue weighted by atomic mass is 16.0. The summed E-state index contributed by atoms with van der Waals surface area (Å²) in [6, 6.07) is 0. The third-order valence-electron chi connectivity index (χ3n) is 6.97. The molecule has 4 aliphatic carbocycles. The van der Waals surface area contributed by atoms with Crippen molar-refractivity contribution in [3.63, 3.8) is 0 Å². The van der Waals surface area contributed by atoms with Crippen molar-refractivity contribution in [2.24, 2.45) is 17.8 Å². The van der Waals surface area contributed by atoms with E-state index >= 15 is 0 Å². The quantitative estimate of drug-likeness (QED) is 0.619. The third kappa shape index (κ3) is 2.79. The average molecular weight is 296 g/mol. The topological polar surface area (TPSA) is 30.0 Å². The molecule has 0 unspecified atom stereocenters. The van der Waals surface area contributed by atoms with Crippen LogP contribution in [0.3, 0.4) is 0 Å². The number of quaternary nitrogens is 1. The van der Waals surface area contributed by atoms with Crippen molar-refractivity contribution in [1.82, 2.24) is 0 Å². The summed E-state index contributed by atoms with van der Waals surface area (Å²) in [6.07, 6.45) is 13.6. The Hall–Kier alpha value is -0.0800. The first-order chi connectivity index (χ1) is 9.67. The van der Waals surface area contributed by atoms with Gasteiger partial charge in [0.25, 0.3) is 0 Å². The molecule has 4 bridgehead atoms. The molecule has 0 heterocycles. The van der Waals surface area contributed by atoms with Crippen LogP contribution < -0.4 is 0 Å². The molecule has 0 aromatic rings. The number of hydrogen-bond donors (Lipinski definition) is 0. The van der Waals surface area contributed by atoms with E-state index in [-0.39, 0.29) is 5.48 Å². The molecule has 0 aliphatic heterocycles. The third-order valence-corrected chi connectivity index (χ3v) is 6.97. The van der Waals surface area contributed by atoms with E-state index in [0.717, 1.165) is 17.8 Å². The van der Waals surface area contributed by atoms with Gasteiger partial charge in [-0.2, -0.15) is 0 Å². The van der Waals surface area contributed by atoms with Crippen LogP contribution in [0.1, 0.15) is 78.6 Å². The normalized spacial score (nSPS) is 37.6. The Morgan fingerprint density at radius 2 is 1.05 bits per heavy atom. The molecule has 0 radical (unpaired) electrons. The van der Waals surface area contributed by atoms with Gasteiger partial charge >= 0.3 is 0 Å². The monoisotopic (exact) mass is 295 g/mol. The van der Waals surface area contributed by atoms with Gasteiger partial charge in [0, 0.05) is 19.3 Å². The second kappa shape index (κ2) is 6.58. The second-order valence-electron chi connectivity index (χ2n) is 8.46. The highest BCUT2D eigenvalue weighted by molar-refractivity contribution is 5.03. The molecule has 4 saturated carbocycles. The first kappa shape index (κ1) is 17.3. The molecule has 4 rings (SSSR count). The van der Waals surface area contributed by atoms with Gasteiger partial charge in [-0.1, -0.05) is 20.8 Å². The van der Waals surface area contributed by atoms with E-state index < -0.39 is 0 Å². The molecule has 124 valence electrons. The van der Waals surface area contributed by atoms with Crippen molar-refractivity contribution in [2.75, 3.05) is 19.6 Å². The molecule has 0 amide bonds. The van der Waals surface area contributed by atoms with Gasteiger partial charge in [-0.25, -0.2) is 0 Å². The van der Waals surface area contributed by atoms with E-state index in [1.807, 2.05) is 0 Å². The molecule has 2 nitrogen and oxygen atoms in total. The zero-order valence-electron chi connectivity index (χ0n) is 14.6. The lowest BCUT2D eigenvalue weighted by Crippen LogP contribution is -2.71. The van der Waals surface area contributed by atoms with Gasteiger partial charge in [-0.3, -0.25) is 0 Å². The van der Waals surface area contributed by atoms with Gasteiger partial charge in [0.05, 0.1) is 19.6 Å². The molecule has 1 N–H and O–H groups in total. The summed E-state index contributed by atoms with van der Waals surface area (Å²) < 4.78 is 1.50. The Bertz CT molecular complexity index is 286. The Labute approximate surface area is 132 Å². The van der Waals surface area contributed by atoms with Gasteiger partial charge in [0.15, 0.2) is 0 Å². The van der Waals surface area contributed by atoms with Gasteiger partial charge in [0.1, 0.15) is 5.54 Å². The van der Waals surface area contributed by atoms with Crippen LogP contribution in [-0.2, 0) is 0 Å². The summed E-state index contributed by atoms with van der Waals surface area (Å²) in [5.41, 5.74) is 0.705. The fourth-order valence-corrected chi connectivity index (χ4v) is 6.98. The maximum absolute atomic E-state index is 2.42. The average Bonchev–Trinajstić information content (AvgIpc) is 2.37. The van der Waals surface area contributed by atoms with Crippen molar-refractivity contribution >= 4 is 0 Å². The maximum Gasteiger partial charge on any atom is 0.100 e. The van der Waals surface area contributed by atoms with Gasteiger partial charge in [-0.15, -0.1) is 0 Å². The van der Waals surface area contributed by atoms with E-state index in [9.17, 15) is 0 Å². The minimum absolute atomic E-state index is 0. The van der Waals surface area contributed by atoms with E-state index in [4.69, 9.17) is 0 Å². The number of rotatable bonds is 7. The Morgan fingerprint density at radius 1 is 0.714 bits per heavy atom. The molecule has 2 heteroatoms. The fraction of sp³-hybridized carbons (Fsp3) is 1.00. The van der Waals surface area contributed by atoms with Crippen LogP contribution in [0.15, 0.2) is 0 Å². The maximum atomic E-state index is 2.42. The smallest absolute Gasteiger partial charge is 0.100 e. The molecule has 0 spiro atoms. The van der Waals surface area contributed by atoms with Gasteiger partial charge in [-0.05, 0) is 56.3 Å². The zero-order valence-corrected chi connectivity index (χ0v) is 14.6. The molecule has 0 atom stereocenters. The number of nitrogens with zero attached hydrogens (tertiary/aromatic N) is 1. The van der Waals surface area contributed by atoms with Crippen LogP contribution in [0.25, 0.3) is 0 Å². The van der Waals surface area contributed by atoms with Crippen LogP contribution in [0.5, 0.6) is 0 Å². The molecule has 4 aliphatic rings. The highest BCUT2D eigenvalue weighted by Crippen LogP contribution is 2.59. The van der Waals surface area contributed by atoms with Crippen molar-refractivity contribution in [2.45, 2.75) is 84.1 Å². The highest BCUT2D eigenvalue weighted by Gasteiger charge is 2.60. The minimum Gasteiger partial charge on any atom is -0.870 e. The van der Waals surface area contributed by atoms with Crippen molar-refractivity contribution in [1.29, 1.82) is 0 Å². The minimum atomic E-state index is 0. The predicted molar refractivity (Wildman–Crippen MR) is 88.6 cm³/mol. The first-order valence-corrected chi connectivity index (χ1v) is 9.53. The van der Waals surface area contributed by atoms with Gasteiger partial charge < -0.3 is 9.96 Å². The lowest BCUT2D eigenvalue weighted by molar-refractivity contribution is -0.982. The Balaban J connectivity index is 0.00000161. The van der Waals surface area contributed by atoms with Crippen molar-refractivity contribution in [3.05, 3.63) is 0 Å². The van der Waals surface area contributed by atoms with Crippen LogP contribution in [0.2, 0.25) is 0 Å². The van der Waals surface area contributed by atoms with E-state index in [0.29, 0.717) is 5.54 Å². The van der Waals surface area contributed by atoms with Crippen molar-refractivity contribution in [3.8, 4) is 0 Å². The molecule has 0 aromatic carbocycles. The van der Waals surface area contributed by atoms with Gasteiger partial charge in [0.2, 0.25) is 0 Å². The summed E-state index contributed by atoms with van der Waals surface area (Å²) in [4.78, 5) is 0. The van der Waals surface area contributed by atoms with Crippen LogP contribution in [0.4, 0.5) is 0 Å². The van der Waals surface area contributed by atoms with Crippen LogP contribution in [-0.4, -0.2) is 35.1 Å². The fourth-order valence-electron chi connectivity index (χ4n) is 6.98. The van der Waals surface area contributed by atoms with Crippen LogP contribution in [0, 0.1) is 17.8 Å². The SMILES string of the molecule is CCC[N+](CCC)(CCC)C12CC3CC(CC(C3)C1)C2.[OH-]. The molecular formula is C19H37NO. The molecular weight excluding hydrogens is 258 g/mol. The predicted octanol–water partition coefficient (Wildman–Crippen LogP) is 4.83. The van der Waals surface area contributed by atoms with E-state index in [1.165, 1.54) is 43.4 Å². The van der Waals surface area contributed by atoms with Crippen LogP contribution >= 0.6 is 0 Å². The number of hydrogen-bond acceptors (Lipinski definition) is 1. The Morgan fingerprint density at radius 3 is 1.33 bits per heavy atom. The standard InChI is InChI=1S/C19H36N.H2O/c1-4-7-20(8-5-2,9-6-3)19-13-16-10-17(14-19)12-18(11-16)15-19;/h16-18H,4-15H2,1-3H3;1H2/q+1;/p-1. The van der Waals surface area contributed by atoms with E-state index in [2.05, 4.69) is 20.8 Å². The lowest BCUT2D eigenvalue weighted by atomic mass is 9.51. The largest absolute Gasteiger partial charge is 0.870 e. The molecule has 0 saturated heterocycles. The summed E-state index contributed by atoms with van der Waals surface area (Å²) in [5, 5.41) is 0. The molecule has 0 aromatic heterocycles. The van der Waals surface area contributed by atoms with E-state index in [1.54, 1.807) is 38.5 Å².